The number of rotatable bonds is 6. The maximum absolute atomic E-state index is 6.13. The van der Waals surface area contributed by atoms with Crippen molar-refractivity contribution in [2.24, 2.45) is 0 Å². The van der Waals surface area contributed by atoms with Gasteiger partial charge < -0.3 is 4.42 Å². The summed E-state index contributed by atoms with van der Waals surface area (Å²) in [6, 6.07) is 71.1. The van der Waals surface area contributed by atoms with Crippen molar-refractivity contribution in [3.05, 3.63) is 217 Å². The van der Waals surface area contributed by atoms with E-state index in [4.69, 9.17) is 14.4 Å². The van der Waals surface area contributed by atoms with E-state index in [9.17, 15) is 0 Å². The van der Waals surface area contributed by atoms with Crippen molar-refractivity contribution in [3.63, 3.8) is 0 Å². The zero-order chi connectivity index (χ0) is 37.9. The molecular formula is C54H36N2O. The van der Waals surface area contributed by atoms with E-state index in [0.29, 0.717) is 5.82 Å². The SMILES string of the molecule is CC1(c2ccccc2)c2ccccc2-c2cccc(-c3cccc(-c4cc(-c5cccc(-c6ccc7oc8ccccc8c7c6)c5)nc(-c5ccccc5)n4)c3)c21. The molecule has 0 saturated heterocycles. The number of benzene rings is 8. The first-order valence-electron chi connectivity index (χ1n) is 19.5. The minimum atomic E-state index is -0.317. The molecule has 10 aromatic rings. The van der Waals surface area contributed by atoms with Gasteiger partial charge in [0.05, 0.1) is 11.4 Å². The number of hydrogen-bond acceptors (Lipinski definition) is 3. The van der Waals surface area contributed by atoms with Gasteiger partial charge in [-0.1, -0.05) is 164 Å². The Kier molecular flexibility index (Phi) is 7.61. The molecular weight excluding hydrogens is 693 g/mol. The van der Waals surface area contributed by atoms with E-state index in [1.54, 1.807) is 0 Å². The lowest BCUT2D eigenvalue weighted by Crippen LogP contribution is -2.23. The Morgan fingerprint density at radius 3 is 1.75 bits per heavy atom. The zero-order valence-corrected chi connectivity index (χ0v) is 31.4. The molecule has 268 valence electrons. The van der Waals surface area contributed by atoms with Gasteiger partial charge in [0.2, 0.25) is 0 Å². The summed E-state index contributed by atoms with van der Waals surface area (Å²) < 4.78 is 6.13. The topological polar surface area (TPSA) is 38.9 Å². The number of para-hydroxylation sites is 1. The second kappa shape index (κ2) is 13.1. The van der Waals surface area contributed by atoms with Crippen molar-refractivity contribution in [2.75, 3.05) is 0 Å². The largest absolute Gasteiger partial charge is 0.456 e. The monoisotopic (exact) mass is 728 g/mol. The summed E-state index contributed by atoms with van der Waals surface area (Å²) in [6.45, 7) is 2.38. The fraction of sp³-hybridized carbons (Fsp3) is 0.0370. The summed E-state index contributed by atoms with van der Waals surface area (Å²) in [4.78, 5) is 10.4. The minimum absolute atomic E-state index is 0.317. The molecule has 1 aliphatic rings. The minimum Gasteiger partial charge on any atom is -0.456 e. The van der Waals surface area contributed by atoms with E-state index in [0.717, 1.165) is 66.7 Å². The molecule has 1 unspecified atom stereocenters. The predicted octanol–water partition coefficient (Wildman–Crippen LogP) is 14.0. The van der Waals surface area contributed by atoms with Crippen LogP contribution in [-0.4, -0.2) is 9.97 Å². The van der Waals surface area contributed by atoms with E-state index >= 15 is 0 Å². The quantitative estimate of drug-likeness (QED) is 0.171. The highest BCUT2D eigenvalue weighted by molar-refractivity contribution is 6.06. The highest BCUT2D eigenvalue weighted by atomic mass is 16.3. The smallest absolute Gasteiger partial charge is 0.160 e. The molecule has 11 rings (SSSR count). The van der Waals surface area contributed by atoms with E-state index in [2.05, 4.69) is 177 Å². The third-order valence-electron chi connectivity index (χ3n) is 11.8. The normalized spacial score (nSPS) is 14.5. The fourth-order valence-electron chi connectivity index (χ4n) is 8.99. The molecule has 0 amide bonds. The Morgan fingerprint density at radius 2 is 0.947 bits per heavy atom. The number of fused-ring (bicyclic) bond motifs is 6. The molecule has 2 heterocycles. The zero-order valence-electron chi connectivity index (χ0n) is 31.4. The van der Waals surface area contributed by atoms with Crippen LogP contribution in [0.4, 0.5) is 0 Å². The Morgan fingerprint density at radius 1 is 0.386 bits per heavy atom. The summed E-state index contributed by atoms with van der Waals surface area (Å²) >= 11 is 0. The molecule has 0 radical (unpaired) electrons. The Hall–Kier alpha value is -7.36. The molecule has 0 fully saturated rings. The Balaban J connectivity index is 1.04. The second-order valence-electron chi connectivity index (χ2n) is 15.1. The summed E-state index contributed by atoms with van der Waals surface area (Å²) in [7, 11) is 0. The molecule has 8 aromatic carbocycles. The first-order valence-corrected chi connectivity index (χ1v) is 19.5. The number of furan rings is 1. The summed E-state index contributed by atoms with van der Waals surface area (Å²) in [5, 5.41) is 2.23. The summed E-state index contributed by atoms with van der Waals surface area (Å²) in [5.74, 6) is 0.692. The van der Waals surface area contributed by atoms with E-state index in [1.807, 2.05) is 30.3 Å². The van der Waals surface area contributed by atoms with Crippen LogP contribution in [0.3, 0.4) is 0 Å². The predicted molar refractivity (Wildman–Crippen MR) is 234 cm³/mol. The van der Waals surface area contributed by atoms with Gasteiger partial charge in [0.1, 0.15) is 11.2 Å². The molecule has 2 aromatic heterocycles. The van der Waals surface area contributed by atoms with E-state index in [1.165, 1.54) is 33.4 Å². The maximum atomic E-state index is 6.13. The number of nitrogens with zero attached hydrogens (tertiary/aromatic N) is 2. The molecule has 3 heteroatoms. The van der Waals surface area contributed by atoms with Crippen LogP contribution in [0, 0.1) is 0 Å². The first-order chi connectivity index (χ1) is 28.1. The molecule has 1 aliphatic carbocycles. The third-order valence-corrected chi connectivity index (χ3v) is 11.8. The van der Waals surface area contributed by atoms with Crippen molar-refractivity contribution in [1.82, 2.24) is 9.97 Å². The Labute approximate surface area is 331 Å². The third kappa shape index (κ3) is 5.43. The van der Waals surface area contributed by atoms with E-state index < -0.39 is 0 Å². The van der Waals surface area contributed by atoms with Gasteiger partial charge in [-0.2, -0.15) is 0 Å². The lowest BCUT2D eigenvalue weighted by Gasteiger charge is -2.30. The van der Waals surface area contributed by atoms with Crippen LogP contribution in [0.25, 0.3) is 89.2 Å². The lowest BCUT2D eigenvalue weighted by molar-refractivity contribution is 0.669. The molecule has 0 saturated carbocycles. The van der Waals surface area contributed by atoms with Gasteiger partial charge >= 0.3 is 0 Å². The molecule has 0 spiro atoms. The van der Waals surface area contributed by atoms with Crippen molar-refractivity contribution >= 4 is 21.9 Å². The molecule has 3 nitrogen and oxygen atoms in total. The van der Waals surface area contributed by atoms with Gasteiger partial charge in [-0.15, -0.1) is 0 Å². The van der Waals surface area contributed by atoms with Crippen molar-refractivity contribution in [3.8, 4) is 67.3 Å². The molecule has 0 N–H and O–H groups in total. The van der Waals surface area contributed by atoms with Gasteiger partial charge in [-0.3, -0.25) is 0 Å². The van der Waals surface area contributed by atoms with Crippen LogP contribution >= 0.6 is 0 Å². The summed E-state index contributed by atoms with van der Waals surface area (Å²) in [6.07, 6.45) is 0. The second-order valence-corrected chi connectivity index (χ2v) is 15.1. The number of aromatic nitrogens is 2. The van der Waals surface area contributed by atoms with Gasteiger partial charge in [-0.05, 0) is 93.4 Å². The van der Waals surface area contributed by atoms with Gasteiger partial charge in [0, 0.05) is 32.9 Å². The average Bonchev–Trinajstić information content (AvgIpc) is 3.80. The van der Waals surface area contributed by atoms with Crippen molar-refractivity contribution < 1.29 is 4.42 Å². The van der Waals surface area contributed by atoms with E-state index in [-0.39, 0.29) is 5.41 Å². The Bertz CT molecular complexity index is 3140. The molecule has 0 bridgehead atoms. The maximum Gasteiger partial charge on any atom is 0.160 e. The molecule has 1 atom stereocenters. The van der Waals surface area contributed by atoms with Crippen molar-refractivity contribution in [2.45, 2.75) is 12.3 Å². The van der Waals surface area contributed by atoms with Crippen LogP contribution in [0.2, 0.25) is 0 Å². The van der Waals surface area contributed by atoms with Crippen LogP contribution in [0.15, 0.2) is 205 Å². The summed E-state index contributed by atoms with van der Waals surface area (Å²) in [5.41, 5.74) is 17.4. The van der Waals surface area contributed by atoms with Gasteiger partial charge in [0.15, 0.2) is 5.82 Å². The first kappa shape index (κ1) is 33.0. The number of hydrogen-bond donors (Lipinski definition) is 0. The molecule has 0 aliphatic heterocycles. The average molecular weight is 729 g/mol. The molecule has 57 heavy (non-hydrogen) atoms. The van der Waals surface area contributed by atoms with Crippen LogP contribution in [0.5, 0.6) is 0 Å². The van der Waals surface area contributed by atoms with Crippen LogP contribution in [0.1, 0.15) is 23.6 Å². The van der Waals surface area contributed by atoms with Gasteiger partial charge in [0.25, 0.3) is 0 Å². The highest BCUT2D eigenvalue weighted by Crippen LogP contribution is 2.55. The van der Waals surface area contributed by atoms with Crippen LogP contribution in [-0.2, 0) is 5.41 Å². The lowest BCUT2D eigenvalue weighted by atomic mass is 9.72. The highest BCUT2D eigenvalue weighted by Gasteiger charge is 2.42. The van der Waals surface area contributed by atoms with Gasteiger partial charge in [-0.25, -0.2) is 9.97 Å². The fourth-order valence-corrected chi connectivity index (χ4v) is 8.99. The standard InChI is InChI=1S/C54H36N2O/c1-54(41-21-6-3-7-22-41)47-27-10-8-23-43(47)45-26-14-25-42(52(45)54)38-18-13-20-40(32-38)49-34-48(55-53(56-49)35-15-4-2-5-16-35)39-19-12-17-36(31-39)37-29-30-51-46(33-37)44-24-9-11-28-50(44)57-51/h2-34H,1H3. The van der Waals surface area contributed by atoms with Crippen molar-refractivity contribution in [1.29, 1.82) is 0 Å². The van der Waals surface area contributed by atoms with Crippen LogP contribution < -0.4 is 0 Å².